The van der Waals surface area contributed by atoms with E-state index in [1.54, 1.807) is 0 Å². The van der Waals surface area contributed by atoms with Gasteiger partial charge in [-0.3, -0.25) is 14.8 Å². The van der Waals surface area contributed by atoms with Crippen LogP contribution in [-0.4, -0.2) is 64.0 Å². The molecule has 2 aliphatic rings. The molecule has 1 aliphatic carbocycles. The highest BCUT2D eigenvalue weighted by molar-refractivity contribution is 5.89. The summed E-state index contributed by atoms with van der Waals surface area (Å²) in [5, 5.41) is 0. The Hall–Kier alpha value is -2.44. The predicted octanol–water partition coefficient (Wildman–Crippen LogP) is 4.00. The lowest BCUT2D eigenvalue weighted by Crippen LogP contribution is -2.48. The number of para-hydroxylation sites is 1. The van der Waals surface area contributed by atoms with Crippen LogP contribution in [-0.2, 0) is 13.0 Å². The molecule has 6 nitrogen and oxygen atoms in total. The summed E-state index contributed by atoms with van der Waals surface area (Å²) in [6.07, 6.45) is 5.45. The zero-order chi connectivity index (χ0) is 21.4. The highest BCUT2D eigenvalue weighted by Crippen LogP contribution is 2.33. The van der Waals surface area contributed by atoms with Gasteiger partial charge in [0.25, 0.3) is 0 Å². The molecule has 5 rings (SSSR count). The quantitative estimate of drug-likeness (QED) is 0.679. The maximum absolute atomic E-state index is 5.06. The van der Waals surface area contributed by atoms with Crippen molar-refractivity contribution in [1.29, 1.82) is 0 Å². The Balaban J connectivity index is 1.35. The number of aromatic nitrogens is 3. The smallest absolute Gasteiger partial charge is 0.121 e. The number of nitrogens with zero attached hydrogens (tertiary/aromatic N) is 5. The Morgan fingerprint density at radius 2 is 1.97 bits per heavy atom. The zero-order valence-electron chi connectivity index (χ0n) is 19.0. The van der Waals surface area contributed by atoms with Crippen LogP contribution >= 0.6 is 0 Å². The molecule has 1 N–H and O–H groups in total. The van der Waals surface area contributed by atoms with Gasteiger partial charge in [0.1, 0.15) is 11.3 Å². The molecule has 0 spiro atoms. The third-order valence-corrected chi connectivity index (χ3v) is 7.02. The number of aryl methyl sites for hydroxylation is 1. The van der Waals surface area contributed by atoms with Crippen molar-refractivity contribution in [2.75, 3.05) is 38.1 Å². The molecule has 0 bridgehead atoms. The second kappa shape index (κ2) is 8.60. The van der Waals surface area contributed by atoms with Gasteiger partial charge < -0.3 is 9.88 Å². The minimum atomic E-state index is 0.363. The van der Waals surface area contributed by atoms with E-state index in [0.717, 1.165) is 62.4 Å². The highest BCUT2D eigenvalue weighted by Gasteiger charge is 2.26. The Bertz CT molecular complexity index is 1030. The van der Waals surface area contributed by atoms with Crippen molar-refractivity contribution in [1.82, 2.24) is 24.8 Å². The first kappa shape index (κ1) is 20.5. The maximum Gasteiger partial charge on any atom is 0.121 e. The van der Waals surface area contributed by atoms with Crippen molar-refractivity contribution in [2.24, 2.45) is 0 Å². The van der Waals surface area contributed by atoms with Gasteiger partial charge in [-0.25, -0.2) is 4.98 Å². The first-order valence-corrected chi connectivity index (χ1v) is 11.7. The van der Waals surface area contributed by atoms with Crippen molar-refractivity contribution in [2.45, 2.75) is 51.7 Å². The molecule has 6 heteroatoms. The third-order valence-electron chi connectivity index (χ3n) is 7.02. The van der Waals surface area contributed by atoms with Crippen LogP contribution < -0.4 is 4.90 Å². The topological polar surface area (TPSA) is 51.3 Å². The molecule has 1 atom stereocenters. The third kappa shape index (κ3) is 4.06. The van der Waals surface area contributed by atoms with E-state index in [0.29, 0.717) is 12.1 Å². The van der Waals surface area contributed by atoms with Crippen molar-refractivity contribution in [3.8, 4) is 0 Å². The lowest BCUT2D eigenvalue weighted by Gasteiger charge is -2.38. The lowest BCUT2D eigenvalue weighted by molar-refractivity contribution is 0.204. The van der Waals surface area contributed by atoms with Crippen LogP contribution in [0.1, 0.15) is 49.8 Å². The molecule has 1 fully saturated rings. The molecule has 1 aromatic carbocycles. The molecule has 31 heavy (non-hydrogen) atoms. The number of H-pyrrole nitrogens is 1. The van der Waals surface area contributed by atoms with E-state index < -0.39 is 0 Å². The molecule has 3 heterocycles. The fourth-order valence-corrected chi connectivity index (χ4v) is 5.24. The van der Waals surface area contributed by atoms with Gasteiger partial charge in [0.05, 0.1) is 29.5 Å². The van der Waals surface area contributed by atoms with Crippen molar-refractivity contribution >= 4 is 16.7 Å². The molecule has 0 saturated carbocycles. The Kier molecular flexibility index (Phi) is 5.67. The molecular weight excluding hydrogens is 384 g/mol. The predicted molar refractivity (Wildman–Crippen MR) is 126 cm³/mol. The normalized spacial score (nSPS) is 20.0. The summed E-state index contributed by atoms with van der Waals surface area (Å²) in [7, 11) is 2.20. The van der Waals surface area contributed by atoms with Gasteiger partial charge in [-0.1, -0.05) is 12.1 Å². The fourth-order valence-electron chi connectivity index (χ4n) is 5.24. The van der Waals surface area contributed by atoms with Crippen molar-refractivity contribution in [3.63, 3.8) is 0 Å². The van der Waals surface area contributed by atoms with Crippen LogP contribution in [0.25, 0.3) is 11.0 Å². The van der Waals surface area contributed by atoms with Crippen LogP contribution in [0.3, 0.4) is 0 Å². The molecule has 164 valence electrons. The van der Waals surface area contributed by atoms with Crippen LogP contribution in [0, 0.1) is 0 Å². The standard InChI is InChI=1S/C25H34N6/c1-18(2)30-13-15-31(16-14-30)22-11-5-9-20-25(22)28-23(27-20)17-29(3)21-10-4-7-19-8-6-12-26-24(19)21/h5-6,8-9,11-12,18,21H,4,7,10,13-17H2,1-3H3,(H,27,28). The number of piperazine rings is 1. The average Bonchev–Trinajstić information content (AvgIpc) is 3.21. The summed E-state index contributed by atoms with van der Waals surface area (Å²) >= 11 is 0. The van der Waals surface area contributed by atoms with Gasteiger partial charge in [-0.15, -0.1) is 0 Å². The molecule has 0 amide bonds. The van der Waals surface area contributed by atoms with Crippen molar-refractivity contribution in [3.05, 3.63) is 53.6 Å². The first-order valence-electron chi connectivity index (χ1n) is 11.7. The first-order chi connectivity index (χ1) is 15.1. The number of pyridine rings is 1. The summed E-state index contributed by atoms with van der Waals surface area (Å²) in [6, 6.07) is 11.8. The van der Waals surface area contributed by atoms with E-state index in [1.807, 2.05) is 6.20 Å². The van der Waals surface area contributed by atoms with Gasteiger partial charge in [-0.05, 0) is 63.9 Å². The van der Waals surface area contributed by atoms with E-state index in [2.05, 4.69) is 70.9 Å². The Morgan fingerprint density at radius 3 is 2.77 bits per heavy atom. The number of fused-ring (bicyclic) bond motifs is 2. The number of rotatable bonds is 5. The van der Waals surface area contributed by atoms with Crippen LogP contribution in [0.2, 0.25) is 0 Å². The number of imidazole rings is 1. The maximum atomic E-state index is 5.06. The van der Waals surface area contributed by atoms with E-state index >= 15 is 0 Å². The van der Waals surface area contributed by atoms with Crippen molar-refractivity contribution < 1.29 is 0 Å². The Morgan fingerprint density at radius 1 is 1.13 bits per heavy atom. The van der Waals surface area contributed by atoms with E-state index in [4.69, 9.17) is 9.97 Å². The van der Waals surface area contributed by atoms with Crippen LogP contribution in [0.15, 0.2) is 36.5 Å². The number of hydrogen-bond donors (Lipinski definition) is 1. The molecule has 1 aliphatic heterocycles. The fraction of sp³-hybridized carbons (Fsp3) is 0.520. The van der Waals surface area contributed by atoms with E-state index in [1.165, 1.54) is 23.4 Å². The van der Waals surface area contributed by atoms with Gasteiger partial charge in [0.15, 0.2) is 0 Å². The molecule has 0 radical (unpaired) electrons. The van der Waals surface area contributed by atoms with E-state index in [-0.39, 0.29) is 0 Å². The molecular formula is C25H34N6. The average molecular weight is 419 g/mol. The number of nitrogens with one attached hydrogen (secondary N) is 1. The zero-order valence-corrected chi connectivity index (χ0v) is 19.0. The molecule has 1 saturated heterocycles. The lowest BCUT2D eigenvalue weighted by atomic mass is 9.91. The number of hydrogen-bond acceptors (Lipinski definition) is 5. The van der Waals surface area contributed by atoms with Gasteiger partial charge in [0.2, 0.25) is 0 Å². The summed E-state index contributed by atoms with van der Waals surface area (Å²) in [6.45, 7) is 9.72. The van der Waals surface area contributed by atoms with E-state index in [9.17, 15) is 0 Å². The second-order valence-electron chi connectivity index (χ2n) is 9.34. The minimum absolute atomic E-state index is 0.363. The molecule has 2 aromatic heterocycles. The second-order valence-corrected chi connectivity index (χ2v) is 9.34. The van der Waals surface area contributed by atoms with Gasteiger partial charge in [0, 0.05) is 38.4 Å². The molecule has 3 aromatic rings. The Labute approximate surface area is 185 Å². The number of aromatic amines is 1. The molecule has 1 unspecified atom stereocenters. The highest BCUT2D eigenvalue weighted by atomic mass is 15.3. The van der Waals surface area contributed by atoms with Crippen LogP contribution in [0.5, 0.6) is 0 Å². The van der Waals surface area contributed by atoms with Gasteiger partial charge >= 0.3 is 0 Å². The largest absolute Gasteiger partial charge is 0.367 e. The SMILES string of the molecule is CC(C)N1CCN(c2cccc3[nH]c(CN(C)C4CCCc5cccnc54)nc23)CC1. The van der Waals surface area contributed by atoms with Crippen LogP contribution in [0.4, 0.5) is 5.69 Å². The summed E-state index contributed by atoms with van der Waals surface area (Å²) < 4.78 is 0. The number of benzene rings is 1. The summed E-state index contributed by atoms with van der Waals surface area (Å²) in [5.74, 6) is 1.04. The van der Waals surface area contributed by atoms with Gasteiger partial charge in [-0.2, -0.15) is 0 Å². The summed E-state index contributed by atoms with van der Waals surface area (Å²) in [5.41, 5.74) is 6.14. The number of anilines is 1. The summed E-state index contributed by atoms with van der Waals surface area (Å²) in [4.78, 5) is 20.8. The minimum Gasteiger partial charge on any atom is -0.367 e. The monoisotopic (exact) mass is 418 g/mol.